The highest BCUT2D eigenvalue weighted by Crippen LogP contribution is 2.28. The van der Waals surface area contributed by atoms with Gasteiger partial charge in [0.1, 0.15) is 11.4 Å². The lowest BCUT2D eigenvalue weighted by atomic mass is 9.95. The molecule has 0 bridgehead atoms. The number of fused-ring (bicyclic) bond motifs is 1. The molecule has 0 atom stereocenters. The lowest BCUT2D eigenvalue weighted by Crippen LogP contribution is -2.24. The van der Waals surface area contributed by atoms with E-state index < -0.39 is 5.60 Å². The molecule has 0 aliphatic rings. The van der Waals surface area contributed by atoms with Crippen LogP contribution in [0.4, 0.5) is 4.39 Å². The third-order valence-corrected chi connectivity index (χ3v) is 2.92. The van der Waals surface area contributed by atoms with Crippen molar-refractivity contribution >= 4 is 16.7 Å². The van der Waals surface area contributed by atoms with Crippen LogP contribution in [0.3, 0.4) is 0 Å². The van der Waals surface area contributed by atoms with E-state index in [1.54, 1.807) is 18.2 Å². The Morgan fingerprint density at radius 1 is 1.22 bits per heavy atom. The lowest BCUT2D eigenvalue weighted by molar-refractivity contribution is -0.154. The van der Waals surface area contributed by atoms with E-state index in [1.165, 1.54) is 13.0 Å². The van der Waals surface area contributed by atoms with Crippen molar-refractivity contribution < 1.29 is 13.9 Å². The van der Waals surface area contributed by atoms with Gasteiger partial charge in [-0.05, 0) is 36.9 Å². The summed E-state index contributed by atoms with van der Waals surface area (Å²) in [5, 5.41) is 1.37. The maximum absolute atomic E-state index is 13.5. The Bertz CT molecular complexity index is 602. The first-order valence-corrected chi connectivity index (χ1v) is 5.78. The fraction of sp³-hybridized carbons (Fsp3) is 0.267. The number of halogens is 1. The van der Waals surface area contributed by atoms with Gasteiger partial charge in [-0.1, -0.05) is 24.3 Å². The Labute approximate surface area is 105 Å². The Kier molecular flexibility index (Phi) is 3.07. The van der Waals surface area contributed by atoms with Crippen molar-refractivity contribution in [2.75, 3.05) is 0 Å². The first kappa shape index (κ1) is 12.6. The van der Waals surface area contributed by atoms with Crippen LogP contribution in [-0.4, -0.2) is 5.97 Å². The summed E-state index contributed by atoms with van der Waals surface area (Å²) in [6.07, 6.45) is 0. The number of hydrogen-bond acceptors (Lipinski definition) is 2. The van der Waals surface area contributed by atoms with Crippen molar-refractivity contribution in [2.45, 2.75) is 26.4 Å². The molecule has 94 valence electrons. The Morgan fingerprint density at radius 3 is 2.61 bits per heavy atom. The van der Waals surface area contributed by atoms with E-state index in [9.17, 15) is 9.18 Å². The molecule has 2 rings (SSSR count). The molecule has 3 heteroatoms. The number of hydrogen-bond donors (Lipinski definition) is 0. The predicted octanol–water partition coefficient (Wildman–Crippen LogP) is 3.78. The molecule has 0 saturated heterocycles. The molecule has 0 unspecified atom stereocenters. The van der Waals surface area contributed by atoms with Gasteiger partial charge in [-0.25, -0.2) is 4.39 Å². The van der Waals surface area contributed by atoms with Crippen LogP contribution in [-0.2, 0) is 15.1 Å². The van der Waals surface area contributed by atoms with Crippen molar-refractivity contribution in [3.05, 3.63) is 47.8 Å². The second-order valence-electron chi connectivity index (χ2n) is 4.78. The van der Waals surface area contributed by atoms with Crippen LogP contribution in [0.1, 0.15) is 26.3 Å². The average molecular weight is 246 g/mol. The normalized spacial score (nSPS) is 11.6. The molecule has 0 aromatic heterocycles. The van der Waals surface area contributed by atoms with Gasteiger partial charge < -0.3 is 4.74 Å². The van der Waals surface area contributed by atoms with E-state index >= 15 is 0 Å². The van der Waals surface area contributed by atoms with E-state index in [0.29, 0.717) is 5.39 Å². The fourth-order valence-corrected chi connectivity index (χ4v) is 2.04. The lowest BCUT2D eigenvalue weighted by Gasteiger charge is -2.25. The second kappa shape index (κ2) is 4.41. The van der Waals surface area contributed by atoms with Gasteiger partial charge in [0.15, 0.2) is 0 Å². The summed E-state index contributed by atoms with van der Waals surface area (Å²) in [6, 6.07) is 10.3. The van der Waals surface area contributed by atoms with Crippen molar-refractivity contribution in [3.8, 4) is 0 Å². The van der Waals surface area contributed by atoms with E-state index in [4.69, 9.17) is 4.74 Å². The second-order valence-corrected chi connectivity index (χ2v) is 4.78. The van der Waals surface area contributed by atoms with Crippen LogP contribution >= 0.6 is 0 Å². The maximum atomic E-state index is 13.5. The van der Waals surface area contributed by atoms with Crippen LogP contribution in [0.5, 0.6) is 0 Å². The monoisotopic (exact) mass is 246 g/mol. The largest absolute Gasteiger partial charge is 0.455 e. The molecule has 2 nitrogen and oxygen atoms in total. The van der Waals surface area contributed by atoms with Crippen LogP contribution in [0.2, 0.25) is 0 Å². The van der Waals surface area contributed by atoms with Crippen LogP contribution < -0.4 is 0 Å². The Hall–Kier alpha value is -1.90. The first-order chi connectivity index (χ1) is 8.40. The summed E-state index contributed by atoms with van der Waals surface area (Å²) in [5.41, 5.74) is 0.127. The van der Waals surface area contributed by atoms with Crippen molar-refractivity contribution in [1.82, 2.24) is 0 Å². The smallest absolute Gasteiger partial charge is 0.303 e. The molecule has 18 heavy (non-hydrogen) atoms. The number of carbonyl (C=O) groups excluding carboxylic acids is 1. The summed E-state index contributed by atoms with van der Waals surface area (Å²) >= 11 is 0. The van der Waals surface area contributed by atoms with Crippen molar-refractivity contribution in [3.63, 3.8) is 0 Å². The molecule has 0 spiro atoms. The van der Waals surface area contributed by atoms with Gasteiger partial charge in [-0.3, -0.25) is 4.79 Å². The Morgan fingerprint density at radius 2 is 1.94 bits per heavy atom. The number of carbonyl (C=O) groups is 1. The third-order valence-electron chi connectivity index (χ3n) is 2.92. The summed E-state index contributed by atoms with van der Waals surface area (Å²) in [6.45, 7) is 5.01. The summed E-state index contributed by atoms with van der Waals surface area (Å²) < 4.78 is 18.8. The molecule has 2 aromatic rings. The van der Waals surface area contributed by atoms with Crippen LogP contribution in [0, 0.1) is 5.82 Å². The van der Waals surface area contributed by atoms with Crippen LogP contribution in [0.15, 0.2) is 36.4 Å². The Balaban J connectivity index is 2.50. The van der Waals surface area contributed by atoms with Gasteiger partial charge in [0.05, 0.1) is 0 Å². The highest BCUT2D eigenvalue weighted by molar-refractivity contribution is 5.84. The first-order valence-electron chi connectivity index (χ1n) is 5.78. The molecule has 0 saturated carbocycles. The summed E-state index contributed by atoms with van der Waals surface area (Å²) in [5.74, 6) is -0.580. The van der Waals surface area contributed by atoms with Gasteiger partial charge in [-0.2, -0.15) is 0 Å². The van der Waals surface area contributed by atoms with E-state index in [1.807, 2.05) is 26.0 Å². The number of rotatable bonds is 2. The minimum atomic E-state index is -0.716. The van der Waals surface area contributed by atoms with Gasteiger partial charge in [0.2, 0.25) is 0 Å². The van der Waals surface area contributed by atoms with Gasteiger partial charge in [-0.15, -0.1) is 0 Å². The molecular weight excluding hydrogens is 231 g/mol. The van der Waals surface area contributed by atoms with Gasteiger partial charge in [0, 0.05) is 12.3 Å². The molecule has 0 aliphatic carbocycles. The molecule has 0 radical (unpaired) electrons. The highest BCUT2D eigenvalue weighted by atomic mass is 19.1. The summed E-state index contributed by atoms with van der Waals surface area (Å²) in [7, 11) is 0. The average Bonchev–Trinajstić information content (AvgIpc) is 2.27. The zero-order valence-corrected chi connectivity index (χ0v) is 10.7. The molecule has 0 N–H and O–H groups in total. The van der Waals surface area contributed by atoms with Crippen LogP contribution in [0.25, 0.3) is 10.8 Å². The molecule has 0 amide bonds. The molecule has 0 fully saturated rings. The minimum Gasteiger partial charge on any atom is -0.455 e. The SMILES string of the molecule is CC(=O)OC(C)(C)c1ccc2c(F)cccc2c1. The molecule has 0 aliphatic heterocycles. The van der Waals surface area contributed by atoms with E-state index in [2.05, 4.69) is 0 Å². The van der Waals surface area contributed by atoms with Gasteiger partial charge >= 0.3 is 5.97 Å². The van der Waals surface area contributed by atoms with Crippen molar-refractivity contribution in [2.24, 2.45) is 0 Å². The molecule has 2 aromatic carbocycles. The predicted molar refractivity (Wildman–Crippen MR) is 68.7 cm³/mol. The van der Waals surface area contributed by atoms with Gasteiger partial charge in [0.25, 0.3) is 0 Å². The number of ether oxygens (including phenoxy) is 1. The zero-order chi connectivity index (χ0) is 13.3. The third kappa shape index (κ3) is 2.35. The summed E-state index contributed by atoms with van der Waals surface area (Å²) in [4.78, 5) is 11.1. The quantitative estimate of drug-likeness (QED) is 0.754. The highest BCUT2D eigenvalue weighted by Gasteiger charge is 2.24. The minimum absolute atomic E-state index is 0.246. The molecular formula is C15H15FO2. The fourth-order valence-electron chi connectivity index (χ4n) is 2.04. The topological polar surface area (TPSA) is 26.3 Å². The van der Waals surface area contributed by atoms with E-state index in [0.717, 1.165) is 10.9 Å². The van der Waals surface area contributed by atoms with Crippen molar-refractivity contribution in [1.29, 1.82) is 0 Å². The molecule has 0 heterocycles. The standard InChI is InChI=1S/C15H15FO2/c1-10(17)18-15(2,3)12-7-8-13-11(9-12)5-4-6-14(13)16/h4-9H,1-3H3. The van der Waals surface area contributed by atoms with E-state index in [-0.39, 0.29) is 11.8 Å². The number of benzene rings is 2. The number of esters is 1. The zero-order valence-electron chi connectivity index (χ0n) is 10.7. The maximum Gasteiger partial charge on any atom is 0.303 e.